The van der Waals surface area contributed by atoms with Crippen molar-refractivity contribution in [3.63, 3.8) is 0 Å². The van der Waals surface area contributed by atoms with E-state index in [2.05, 4.69) is 19.9 Å². The van der Waals surface area contributed by atoms with Gasteiger partial charge in [-0.25, -0.2) is 9.97 Å². The van der Waals surface area contributed by atoms with Gasteiger partial charge in [0.15, 0.2) is 5.82 Å². The van der Waals surface area contributed by atoms with E-state index in [9.17, 15) is 5.11 Å². The van der Waals surface area contributed by atoms with Crippen LogP contribution in [0.25, 0.3) is 33.7 Å². The lowest BCUT2D eigenvalue weighted by atomic mass is 10.1. The van der Waals surface area contributed by atoms with Gasteiger partial charge in [0.2, 0.25) is 0 Å². The zero-order valence-corrected chi connectivity index (χ0v) is 13.4. The molecule has 0 bridgehead atoms. The minimum Gasteiger partial charge on any atom is -0.508 e. The van der Waals surface area contributed by atoms with Crippen molar-refractivity contribution in [1.82, 2.24) is 19.9 Å². The Morgan fingerprint density at radius 1 is 0.880 bits per heavy atom. The molecule has 4 rings (SSSR count). The highest BCUT2D eigenvalue weighted by molar-refractivity contribution is 5.81. The second kappa shape index (κ2) is 6.16. The number of phenolic OH excluding ortho intramolecular Hbond substituents is 1. The Morgan fingerprint density at radius 2 is 1.72 bits per heavy atom. The molecule has 122 valence electrons. The van der Waals surface area contributed by atoms with Gasteiger partial charge in [-0.2, -0.15) is 0 Å². The fourth-order valence-electron chi connectivity index (χ4n) is 2.57. The predicted molar refractivity (Wildman–Crippen MR) is 94.2 cm³/mol. The van der Waals surface area contributed by atoms with Crippen molar-refractivity contribution >= 4 is 11.0 Å². The molecule has 0 aliphatic carbocycles. The van der Waals surface area contributed by atoms with Crippen LogP contribution in [-0.4, -0.2) is 32.2 Å². The third-order valence-electron chi connectivity index (χ3n) is 3.82. The average Bonchev–Trinajstić information content (AvgIpc) is 2.67. The number of methoxy groups -OCH3 is 1. The summed E-state index contributed by atoms with van der Waals surface area (Å²) in [7, 11) is 1.61. The van der Waals surface area contributed by atoms with Crippen LogP contribution in [0.2, 0.25) is 0 Å². The van der Waals surface area contributed by atoms with Gasteiger partial charge in [0.05, 0.1) is 18.8 Å². The molecule has 3 aromatic heterocycles. The molecule has 0 radical (unpaired) electrons. The molecule has 6 heteroatoms. The monoisotopic (exact) mass is 330 g/mol. The number of ether oxygens (including phenoxy) is 1. The van der Waals surface area contributed by atoms with Gasteiger partial charge in [-0.05, 0) is 42.5 Å². The Morgan fingerprint density at radius 3 is 2.52 bits per heavy atom. The molecule has 0 saturated carbocycles. The normalized spacial score (nSPS) is 10.8. The van der Waals surface area contributed by atoms with Crippen LogP contribution < -0.4 is 4.74 Å². The number of hydrogen-bond acceptors (Lipinski definition) is 6. The SMILES string of the molecule is COc1cccnc1-c1cnc2cnc(-c3ccc(O)cc3)nc2c1. The average molecular weight is 330 g/mol. The molecule has 25 heavy (non-hydrogen) atoms. The number of rotatable bonds is 3. The summed E-state index contributed by atoms with van der Waals surface area (Å²) in [5.41, 5.74) is 3.76. The fraction of sp³-hybridized carbons (Fsp3) is 0.0526. The Bertz CT molecular complexity index is 1050. The quantitative estimate of drug-likeness (QED) is 0.619. The molecule has 0 aliphatic rings. The second-order valence-corrected chi connectivity index (χ2v) is 5.42. The maximum Gasteiger partial charge on any atom is 0.159 e. The molecule has 0 fully saturated rings. The highest BCUT2D eigenvalue weighted by Crippen LogP contribution is 2.28. The van der Waals surface area contributed by atoms with E-state index in [1.165, 1.54) is 0 Å². The van der Waals surface area contributed by atoms with Crippen molar-refractivity contribution in [1.29, 1.82) is 0 Å². The molecule has 4 aromatic rings. The summed E-state index contributed by atoms with van der Waals surface area (Å²) in [6, 6.07) is 12.4. The van der Waals surface area contributed by atoms with E-state index < -0.39 is 0 Å². The zero-order chi connectivity index (χ0) is 17.2. The molecule has 1 aromatic carbocycles. The minimum absolute atomic E-state index is 0.204. The highest BCUT2D eigenvalue weighted by Gasteiger charge is 2.10. The topological polar surface area (TPSA) is 81.0 Å². The van der Waals surface area contributed by atoms with Crippen molar-refractivity contribution in [3.05, 3.63) is 61.1 Å². The maximum atomic E-state index is 9.42. The third-order valence-corrected chi connectivity index (χ3v) is 3.82. The van der Waals surface area contributed by atoms with Crippen LogP contribution in [0.1, 0.15) is 0 Å². The van der Waals surface area contributed by atoms with Gasteiger partial charge in [0.25, 0.3) is 0 Å². The van der Waals surface area contributed by atoms with Crippen LogP contribution in [0.3, 0.4) is 0 Å². The van der Waals surface area contributed by atoms with Crippen LogP contribution in [0, 0.1) is 0 Å². The van der Waals surface area contributed by atoms with Gasteiger partial charge in [-0.1, -0.05) is 0 Å². The molecule has 0 spiro atoms. The van der Waals surface area contributed by atoms with E-state index >= 15 is 0 Å². The molecule has 0 atom stereocenters. The lowest BCUT2D eigenvalue weighted by Crippen LogP contribution is -1.94. The summed E-state index contributed by atoms with van der Waals surface area (Å²) in [5.74, 6) is 1.45. The first kappa shape index (κ1) is 15.0. The Labute approximate surface area is 143 Å². The van der Waals surface area contributed by atoms with Crippen LogP contribution in [0.4, 0.5) is 0 Å². The van der Waals surface area contributed by atoms with Crippen LogP contribution >= 0.6 is 0 Å². The fourth-order valence-corrected chi connectivity index (χ4v) is 2.57. The van der Waals surface area contributed by atoms with Gasteiger partial charge >= 0.3 is 0 Å². The standard InChI is InChI=1S/C19H14N4O2/c1-25-17-3-2-8-20-18(17)13-9-15-16(21-10-13)11-22-19(23-15)12-4-6-14(24)7-5-12/h2-11,24H,1H3. The van der Waals surface area contributed by atoms with E-state index in [1.807, 2.05) is 18.2 Å². The Balaban J connectivity index is 1.83. The lowest BCUT2D eigenvalue weighted by molar-refractivity contribution is 0.415. The molecular weight excluding hydrogens is 316 g/mol. The van der Waals surface area contributed by atoms with E-state index in [-0.39, 0.29) is 5.75 Å². The van der Waals surface area contributed by atoms with E-state index in [0.717, 1.165) is 11.1 Å². The zero-order valence-electron chi connectivity index (χ0n) is 13.4. The molecule has 3 heterocycles. The summed E-state index contributed by atoms with van der Waals surface area (Å²) in [4.78, 5) is 17.7. The Hall–Kier alpha value is -3.54. The number of phenols is 1. The molecule has 0 amide bonds. The lowest BCUT2D eigenvalue weighted by Gasteiger charge is -2.08. The van der Waals surface area contributed by atoms with Crippen molar-refractivity contribution in [2.45, 2.75) is 0 Å². The molecule has 0 unspecified atom stereocenters. The number of aromatic nitrogens is 4. The number of pyridine rings is 2. The number of hydrogen-bond donors (Lipinski definition) is 1. The predicted octanol–water partition coefficient (Wildman–Crippen LogP) is 3.47. The number of nitrogens with zero attached hydrogens (tertiary/aromatic N) is 4. The molecule has 1 N–H and O–H groups in total. The molecule has 0 saturated heterocycles. The van der Waals surface area contributed by atoms with Gasteiger partial charge in [0, 0.05) is 23.5 Å². The third kappa shape index (κ3) is 2.85. The number of fused-ring (bicyclic) bond motifs is 1. The maximum absolute atomic E-state index is 9.42. The summed E-state index contributed by atoms with van der Waals surface area (Å²) in [6.07, 6.45) is 5.13. The van der Waals surface area contributed by atoms with Crippen LogP contribution in [-0.2, 0) is 0 Å². The second-order valence-electron chi connectivity index (χ2n) is 5.42. The largest absolute Gasteiger partial charge is 0.508 e. The van der Waals surface area contributed by atoms with Crippen molar-refractivity contribution < 1.29 is 9.84 Å². The van der Waals surface area contributed by atoms with Crippen molar-refractivity contribution in [2.24, 2.45) is 0 Å². The van der Waals surface area contributed by atoms with E-state index in [4.69, 9.17) is 4.74 Å². The van der Waals surface area contributed by atoms with Crippen LogP contribution in [0.5, 0.6) is 11.5 Å². The first-order chi connectivity index (χ1) is 12.2. The number of aromatic hydroxyl groups is 1. The number of benzene rings is 1. The van der Waals surface area contributed by atoms with Crippen LogP contribution in [0.15, 0.2) is 61.1 Å². The summed E-state index contributed by atoms with van der Waals surface area (Å²) < 4.78 is 5.37. The van der Waals surface area contributed by atoms with Gasteiger partial charge < -0.3 is 9.84 Å². The van der Waals surface area contributed by atoms with E-state index in [0.29, 0.717) is 28.3 Å². The van der Waals surface area contributed by atoms with Crippen molar-refractivity contribution in [3.8, 4) is 34.1 Å². The minimum atomic E-state index is 0.204. The van der Waals surface area contributed by atoms with Crippen molar-refractivity contribution in [2.75, 3.05) is 7.11 Å². The Kier molecular flexibility index (Phi) is 3.70. The highest BCUT2D eigenvalue weighted by atomic mass is 16.5. The molecule has 6 nitrogen and oxygen atoms in total. The first-order valence-corrected chi connectivity index (χ1v) is 7.66. The molecule has 0 aliphatic heterocycles. The van der Waals surface area contributed by atoms with Gasteiger partial charge in [-0.15, -0.1) is 0 Å². The summed E-state index contributed by atoms with van der Waals surface area (Å²) in [5, 5.41) is 9.42. The smallest absolute Gasteiger partial charge is 0.159 e. The first-order valence-electron chi connectivity index (χ1n) is 7.66. The van der Waals surface area contributed by atoms with Gasteiger partial charge in [0.1, 0.15) is 22.7 Å². The van der Waals surface area contributed by atoms with E-state index in [1.54, 1.807) is 50.0 Å². The summed E-state index contributed by atoms with van der Waals surface area (Å²) in [6.45, 7) is 0. The summed E-state index contributed by atoms with van der Waals surface area (Å²) >= 11 is 0. The van der Waals surface area contributed by atoms with Gasteiger partial charge in [-0.3, -0.25) is 9.97 Å². The molecular formula is C19H14N4O2.